The van der Waals surface area contributed by atoms with Crippen LogP contribution < -0.4 is 0 Å². The minimum absolute atomic E-state index is 0.0279. The molecule has 2 aliphatic carbocycles. The average molecular weight is 177 g/mol. The van der Waals surface area contributed by atoms with Crippen LogP contribution in [-0.4, -0.2) is 0 Å². The summed E-state index contributed by atoms with van der Waals surface area (Å²) in [4.78, 5) is 0. The van der Waals surface area contributed by atoms with Gasteiger partial charge in [0, 0.05) is 0 Å². The van der Waals surface area contributed by atoms with Gasteiger partial charge in [-0.1, -0.05) is 13.3 Å². The lowest BCUT2D eigenvalue weighted by Crippen LogP contribution is -2.29. The standard InChI is InChI=1S/C12H19N/c1-3-12(2,8-13)11-7-9-4-5-10(11)6-9/h9-11H,3-7H2,1-2H3. The Morgan fingerprint density at radius 1 is 1.38 bits per heavy atom. The van der Waals surface area contributed by atoms with E-state index in [1.165, 1.54) is 25.7 Å². The molecule has 1 nitrogen and oxygen atoms in total. The van der Waals surface area contributed by atoms with Crippen molar-refractivity contribution in [3.05, 3.63) is 0 Å². The highest BCUT2D eigenvalue weighted by Gasteiger charge is 2.47. The molecule has 0 radical (unpaired) electrons. The fourth-order valence-electron chi connectivity index (χ4n) is 3.45. The van der Waals surface area contributed by atoms with E-state index in [0.717, 1.165) is 18.3 Å². The molecule has 72 valence electrons. The van der Waals surface area contributed by atoms with Gasteiger partial charge in [-0.25, -0.2) is 0 Å². The molecule has 0 aromatic heterocycles. The lowest BCUT2D eigenvalue weighted by Gasteiger charge is -2.33. The molecule has 13 heavy (non-hydrogen) atoms. The molecule has 2 fully saturated rings. The van der Waals surface area contributed by atoms with Crippen molar-refractivity contribution in [3.63, 3.8) is 0 Å². The third kappa shape index (κ3) is 1.27. The second-order valence-electron chi connectivity index (χ2n) is 5.16. The van der Waals surface area contributed by atoms with Gasteiger partial charge in [-0.2, -0.15) is 5.26 Å². The maximum atomic E-state index is 9.22. The van der Waals surface area contributed by atoms with Crippen LogP contribution in [0.3, 0.4) is 0 Å². The SMILES string of the molecule is CCC(C)(C#N)C1CC2CCC1C2. The summed E-state index contributed by atoms with van der Waals surface area (Å²) in [7, 11) is 0. The summed E-state index contributed by atoms with van der Waals surface area (Å²) in [6.07, 6.45) is 6.61. The zero-order valence-corrected chi connectivity index (χ0v) is 8.71. The number of rotatable bonds is 2. The maximum Gasteiger partial charge on any atom is 0.0689 e. The number of nitrogens with zero attached hydrogens (tertiary/aromatic N) is 1. The monoisotopic (exact) mass is 177 g/mol. The van der Waals surface area contributed by atoms with E-state index in [9.17, 15) is 5.26 Å². The van der Waals surface area contributed by atoms with Gasteiger partial charge >= 0.3 is 0 Å². The van der Waals surface area contributed by atoms with Crippen LogP contribution in [0.25, 0.3) is 0 Å². The smallest absolute Gasteiger partial charge is 0.0689 e. The molecule has 0 spiro atoms. The minimum Gasteiger partial charge on any atom is -0.198 e. The van der Waals surface area contributed by atoms with Gasteiger partial charge in [0.2, 0.25) is 0 Å². The third-order valence-electron chi connectivity index (χ3n) is 4.55. The van der Waals surface area contributed by atoms with Gasteiger partial charge in [0.05, 0.1) is 11.5 Å². The lowest BCUT2D eigenvalue weighted by atomic mass is 9.69. The van der Waals surface area contributed by atoms with Gasteiger partial charge in [0.1, 0.15) is 0 Å². The van der Waals surface area contributed by atoms with Crippen molar-refractivity contribution in [3.8, 4) is 6.07 Å². The van der Waals surface area contributed by atoms with Crippen molar-refractivity contribution in [2.45, 2.75) is 46.0 Å². The van der Waals surface area contributed by atoms with Gasteiger partial charge in [-0.3, -0.25) is 0 Å². The topological polar surface area (TPSA) is 23.8 Å². The highest BCUT2D eigenvalue weighted by Crippen LogP contribution is 2.55. The molecule has 2 rings (SSSR count). The predicted octanol–water partition coefficient (Wildman–Crippen LogP) is 3.36. The molecular weight excluding hydrogens is 158 g/mol. The average Bonchev–Trinajstić information content (AvgIpc) is 2.77. The van der Waals surface area contributed by atoms with E-state index < -0.39 is 0 Å². The molecule has 0 aliphatic heterocycles. The summed E-state index contributed by atoms with van der Waals surface area (Å²) in [5, 5.41) is 9.22. The molecule has 0 amide bonds. The Labute approximate surface area is 81.1 Å². The Balaban J connectivity index is 2.14. The summed E-state index contributed by atoms with van der Waals surface area (Å²) in [6, 6.07) is 2.55. The van der Waals surface area contributed by atoms with Crippen molar-refractivity contribution in [2.24, 2.45) is 23.2 Å². The van der Waals surface area contributed by atoms with Gasteiger partial charge in [-0.15, -0.1) is 0 Å². The van der Waals surface area contributed by atoms with E-state index >= 15 is 0 Å². The van der Waals surface area contributed by atoms with E-state index in [2.05, 4.69) is 19.9 Å². The molecule has 2 aliphatic rings. The molecule has 1 heteroatoms. The second kappa shape index (κ2) is 3.01. The molecule has 0 N–H and O–H groups in total. The van der Waals surface area contributed by atoms with Gasteiger partial charge in [-0.05, 0) is 50.4 Å². The first-order valence-electron chi connectivity index (χ1n) is 5.61. The van der Waals surface area contributed by atoms with Gasteiger partial charge in [0.15, 0.2) is 0 Å². The first-order chi connectivity index (χ1) is 6.19. The van der Waals surface area contributed by atoms with Crippen LogP contribution in [0, 0.1) is 34.5 Å². The first-order valence-corrected chi connectivity index (χ1v) is 5.61. The Morgan fingerprint density at radius 2 is 2.15 bits per heavy atom. The minimum atomic E-state index is -0.0279. The van der Waals surface area contributed by atoms with Gasteiger partial charge in [0.25, 0.3) is 0 Å². The summed E-state index contributed by atoms with van der Waals surface area (Å²) in [5.41, 5.74) is -0.0279. The van der Waals surface area contributed by atoms with Crippen LogP contribution in [0.15, 0.2) is 0 Å². The van der Waals surface area contributed by atoms with Gasteiger partial charge < -0.3 is 0 Å². The largest absolute Gasteiger partial charge is 0.198 e. The van der Waals surface area contributed by atoms with Crippen LogP contribution in [-0.2, 0) is 0 Å². The molecule has 4 unspecified atom stereocenters. The van der Waals surface area contributed by atoms with Crippen molar-refractivity contribution in [1.82, 2.24) is 0 Å². The van der Waals surface area contributed by atoms with Crippen molar-refractivity contribution >= 4 is 0 Å². The second-order valence-corrected chi connectivity index (χ2v) is 5.16. The fraction of sp³-hybridized carbons (Fsp3) is 0.917. The highest BCUT2D eigenvalue weighted by molar-refractivity contribution is 5.06. The van der Waals surface area contributed by atoms with Crippen LogP contribution in [0.4, 0.5) is 0 Å². The van der Waals surface area contributed by atoms with Crippen molar-refractivity contribution < 1.29 is 0 Å². The van der Waals surface area contributed by atoms with Crippen molar-refractivity contribution in [2.75, 3.05) is 0 Å². The van der Waals surface area contributed by atoms with E-state index in [-0.39, 0.29) is 5.41 Å². The van der Waals surface area contributed by atoms with E-state index in [0.29, 0.717) is 5.92 Å². The summed E-state index contributed by atoms with van der Waals surface area (Å²) >= 11 is 0. The van der Waals surface area contributed by atoms with Crippen molar-refractivity contribution in [1.29, 1.82) is 5.26 Å². The number of hydrogen-bond donors (Lipinski definition) is 0. The Bertz CT molecular complexity index is 240. The third-order valence-corrected chi connectivity index (χ3v) is 4.55. The molecule has 2 bridgehead atoms. The molecule has 2 saturated carbocycles. The zero-order chi connectivity index (χ0) is 9.47. The fourth-order valence-corrected chi connectivity index (χ4v) is 3.45. The van der Waals surface area contributed by atoms with Crippen LogP contribution in [0.2, 0.25) is 0 Å². The summed E-state index contributed by atoms with van der Waals surface area (Å²) < 4.78 is 0. The van der Waals surface area contributed by atoms with E-state index in [4.69, 9.17) is 0 Å². The number of hydrogen-bond acceptors (Lipinski definition) is 1. The molecule has 4 atom stereocenters. The molecular formula is C12H19N. The van der Waals surface area contributed by atoms with E-state index in [1.807, 2.05) is 0 Å². The van der Waals surface area contributed by atoms with E-state index in [1.54, 1.807) is 0 Å². The maximum absolute atomic E-state index is 9.22. The normalized spacial score (nSPS) is 41.5. The number of nitriles is 1. The highest BCUT2D eigenvalue weighted by atomic mass is 14.5. The van der Waals surface area contributed by atoms with Crippen LogP contribution in [0.1, 0.15) is 46.0 Å². The molecule has 0 aromatic rings. The summed E-state index contributed by atoms with van der Waals surface area (Å²) in [5.74, 6) is 2.56. The predicted molar refractivity (Wildman–Crippen MR) is 52.9 cm³/mol. The Kier molecular flexibility index (Phi) is 2.10. The molecule has 0 saturated heterocycles. The Morgan fingerprint density at radius 3 is 2.54 bits per heavy atom. The first kappa shape index (κ1) is 9.06. The van der Waals surface area contributed by atoms with Crippen LogP contribution in [0.5, 0.6) is 0 Å². The molecule has 0 heterocycles. The Hall–Kier alpha value is -0.510. The number of fused-ring (bicyclic) bond motifs is 2. The lowest BCUT2D eigenvalue weighted by molar-refractivity contribution is 0.173. The van der Waals surface area contributed by atoms with Crippen LogP contribution >= 0.6 is 0 Å². The zero-order valence-electron chi connectivity index (χ0n) is 8.71. The summed E-state index contributed by atoms with van der Waals surface area (Å²) in [6.45, 7) is 4.33. The molecule has 0 aromatic carbocycles. The quantitative estimate of drug-likeness (QED) is 0.634.